The van der Waals surface area contributed by atoms with Gasteiger partial charge in [-0.3, -0.25) is 4.90 Å². The van der Waals surface area contributed by atoms with Crippen molar-refractivity contribution in [2.45, 2.75) is 32.7 Å². The number of nitrogens with one attached hydrogen (secondary N) is 1. The summed E-state index contributed by atoms with van der Waals surface area (Å²) in [6, 6.07) is 4.20. The van der Waals surface area contributed by atoms with Crippen molar-refractivity contribution in [3.63, 3.8) is 0 Å². The lowest BCUT2D eigenvalue weighted by molar-refractivity contribution is 0.229. The fraction of sp³-hybridized carbons (Fsp3) is 0.647. The van der Waals surface area contributed by atoms with Gasteiger partial charge in [0.05, 0.1) is 14.2 Å². The van der Waals surface area contributed by atoms with Crippen LogP contribution in [0.2, 0.25) is 0 Å². The number of rotatable bonds is 4. The van der Waals surface area contributed by atoms with Gasteiger partial charge in [0.2, 0.25) is 0 Å². The molecule has 4 nitrogen and oxygen atoms in total. The molecule has 1 heterocycles. The van der Waals surface area contributed by atoms with Crippen molar-refractivity contribution >= 4 is 0 Å². The van der Waals surface area contributed by atoms with Gasteiger partial charge in [0, 0.05) is 43.9 Å². The number of methoxy groups -OCH3 is 2. The third kappa shape index (κ3) is 3.89. The van der Waals surface area contributed by atoms with Crippen LogP contribution in [0.1, 0.15) is 31.9 Å². The summed E-state index contributed by atoms with van der Waals surface area (Å²) in [5, 5.41) is 3.39. The van der Waals surface area contributed by atoms with Crippen molar-refractivity contribution < 1.29 is 9.47 Å². The number of piperazine rings is 1. The Balaban J connectivity index is 2.37. The summed E-state index contributed by atoms with van der Waals surface area (Å²) >= 11 is 0. The highest BCUT2D eigenvalue weighted by Crippen LogP contribution is 2.38. The fourth-order valence-corrected chi connectivity index (χ4v) is 2.80. The van der Waals surface area contributed by atoms with E-state index in [2.05, 4.69) is 43.1 Å². The van der Waals surface area contributed by atoms with Crippen LogP contribution >= 0.6 is 0 Å². The van der Waals surface area contributed by atoms with E-state index in [9.17, 15) is 0 Å². The van der Waals surface area contributed by atoms with E-state index < -0.39 is 0 Å². The van der Waals surface area contributed by atoms with E-state index in [1.54, 1.807) is 14.2 Å². The van der Waals surface area contributed by atoms with E-state index in [1.165, 1.54) is 11.1 Å². The highest BCUT2D eigenvalue weighted by Gasteiger charge is 2.24. The average molecular weight is 292 g/mol. The summed E-state index contributed by atoms with van der Waals surface area (Å²) in [5.41, 5.74) is 2.44. The average Bonchev–Trinajstić information content (AvgIpc) is 2.46. The maximum atomic E-state index is 5.75. The van der Waals surface area contributed by atoms with Crippen molar-refractivity contribution in [3.05, 3.63) is 23.3 Å². The minimum Gasteiger partial charge on any atom is -0.497 e. The second kappa shape index (κ2) is 6.67. The lowest BCUT2D eigenvalue weighted by Crippen LogP contribution is -2.43. The molecule has 1 aromatic rings. The lowest BCUT2D eigenvalue weighted by atomic mass is 9.85. The second-order valence-electron chi connectivity index (χ2n) is 6.64. The molecule has 0 spiro atoms. The van der Waals surface area contributed by atoms with Gasteiger partial charge in [-0.15, -0.1) is 0 Å². The molecule has 2 rings (SSSR count). The van der Waals surface area contributed by atoms with Gasteiger partial charge in [-0.1, -0.05) is 20.8 Å². The Kier molecular flexibility index (Phi) is 5.12. The minimum atomic E-state index is 0.0259. The summed E-state index contributed by atoms with van der Waals surface area (Å²) in [5.74, 6) is 1.91. The van der Waals surface area contributed by atoms with Crippen molar-refractivity contribution in [1.29, 1.82) is 0 Å². The standard InChI is InChI=1S/C17H28N2O2/c1-17(2,3)15-11-14(20-4)10-13(16(15)21-5)12-19-8-6-18-7-9-19/h10-11,18H,6-9,12H2,1-5H3. The smallest absolute Gasteiger partial charge is 0.127 e. The van der Waals surface area contributed by atoms with E-state index in [4.69, 9.17) is 9.47 Å². The normalized spacial score (nSPS) is 16.8. The third-order valence-electron chi connectivity index (χ3n) is 3.99. The van der Waals surface area contributed by atoms with Crippen LogP contribution in [0.15, 0.2) is 12.1 Å². The van der Waals surface area contributed by atoms with Gasteiger partial charge < -0.3 is 14.8 Å². The topological polar surface area (TPSA) is 33.7 Å². The molecule has 1 N–H and O–H groups in total. The van der Waals surface area contributed by atoms with Gasteiger partial charge >= 0.3 is 0 Å². The van der Waals surface area contributed by atoms with Crippen molar-refractivity contribution in [1.82, 2.24) is 10.2 Å². The molecule has 1 saturated heterocycles. The van der Waals surface area contributed by atoms with Crippen LogP contribution < -0.4 is 14.8 Å². The van der Waals surface area contributed by atoms with Crippen molar-refractivity contribution in [2.75, 3.05) is 40.4 Å². The molecule has 0 atom stereocenters. The third-order valence-corrected chi connectivity index (χ3v) is 3.99. The molecule has 1 aromatic carbocycles. The van der Waals surface area contributed by atoms with Crippen LogP contribution in [-0.4, -0.2) is 45.3 Å². The van der Waals surface area contributed by atoms with E-state index >= 15 is 0 Å². The zero-order valence-corrected chi connectivity index (χ0v) is 14.0. The molecule has 0 aliphatic carbocycles. The summed E-state index contributed by atoms with van der Waals surface area (Å²) in [7, 11) is 3.49. The van der Waals surface area contributed by atoms with Gasteiger partial charge in [-0.2, -0.15) is 0 Å². The molecule has 0 radical (unpaired) electrons. The molecule has 0 aromatic heterocycles. The van der Waals surface area contributed by atoms with Crippen molar-refractivity contribution in [2.24, 2.45) is 0 Å². The van der Waals surface area contributed by atoms with Crippen LogP contribution in [0, 0.1) is 0 Å². The molecule has 1 fully saturated rings. The fourth-order valence-electron chi connectivity index (χ4n) is 2.80. The van der Waals surface area contributed by atoms with Crippen LogP contribution in [0.25, 0.3) is 0 Å². The van der Waals surface area contributed by atoms with E-state index in [1.807, 2.05) is 0 Å². The number of hydrogen-bond acceptors (Lipinski definition) is 4. The van der Waals surface area contributed by atoms with Crippen molar-refractivity contribution in [3.8, 4) is 11.5 Å². The first-order valence-corrected chi connectivity index (χ1v) is 7.64. The van der Waals surface area contributed by atoms with Crippen LogP contribution in [0.5, 0.6) is 11.5 Å². The zero-order valence-electron chi connectivity index (χ0n) is 14.0. The van der Waals surface area contributed by atoms with Crippen LogP contribution in [0.4, 0.5) is 0 Å². The minimum absolute atomic E-state index is 0.0259. The number of benzene rings is 1. The number of hydrogen-bond donors (Lipinski definition) is 1. The van der Waals surface area contributed by atoms with E-state index in [0.717, 1.165) is 44.2 Å². The predicted molar refractivity (Wildman–Crippen MR) is 86.4 cm³/mol. The summed E-state index contributed by atoms with van der Waals surface area (Å²) in [4.78, 5) is 2.46. The molecular formula is C17H28N2O2. The molecule has 0 saturated carbocycles. The van der Waals surface area contributed by atoms with E-state index in [0.29, 0.717) is 0 Å². The molecule has 0 bridgehead atoms. The molecule has 0 unspecified atom stereocenters. The molecule has 1 aliphatic heterocycles. The Morgan fingerprint density at radius 3 is 2.29 bits per heavy atom. The Hall–Kier alpha value is -1.26. The molecule has 1 aliphatic rings. The van der Waals surface area contributed by atoms with Gasteiger partial charge in [-0.05, 0) is 17.5 Å². The Bertz CT molecular complexity index is 474. The first-order valence-electron chi connectivity index (χ1n) is 7.64. The first-order chi connectivity index (χ1) is 9.95. The summed E-state index contributed by atoms with van der Waals surface area (Å²) in [6.45, 7) is 11.8. The first kappa shape index (κ1) is 16.1. The second-order valence-corrected chi connectivity index (χ2v) is 6.64. The van der Waals surface area contributed by atoms with Crippen LogP contribution in [-0.2, 0) is 12.0 Å². The molecular weight excluding hydrogens is 264 g/mol. The van der Waals surface area contributed by atoms with Crippen LogP contribution in [0.3, 0.4) is 0 Å². The molecule has 118 valence electrons. The number of ether oxygens (including phenoxy) is 2. The Morgan fingerprint density at radius 1 is 1.10 bits per heavy atom. The van der Waals surface area contributed by atoms with E-state index in [-0.39, 0.29) is 5.41 Å². The highest BCUT2D eigenvalue weighted by molar-refractivity contribution is 5.50. The summed E-state index contributed by atoms with van der Waals surface area (Å²) in [6.07, 6.45) is 0. The predicted octanol–water partition coefficient (Wildman–Crippen LogP) is 2.41. The van der Waals surface area contributed by atoms with Gasteiger partial charge in [-0.25, -0.2) is 0 Å². The molecule has 0 amide bonds. The van der Waals surface area contributed by atoms with Gasteiger partial charge in [0.25, 0.3) is 0 Å². The monoisotopic (exact) mass is 292 g/mol. The molecule has 4 heteroatoms. The maximum absolute atomic E-state index is 5.75. The lowest BCUT2D eigenvalue weighted by Gasteiger charge is -2.30. The SMILES string of the molecule is COc1cc(CN2CCNCC2)c(OC)c(C(C)(C)C)c1. The summed E-state index contributed by atoms with van der Waals surface area (Å²) < 4.78 is 11.2. The Labute approximate surface area is 128 Å². The highest BCUT2D eigenvalue weighted by atomic mass is 16.5. The quantitative estimate of drug-likeness (QED) is 0.924. The Morgan fingerprint density at radius 2 is 1.76 bits per heavy atom. The van der Waals surface area contributed by atoms with Gasteiger partial charge in [0.1, 0.15) is 11.5 Å². The van der Waals surface area contributed by atoms with Gasteiger partial charge in [0.15, 0.2) is 0 Å². The number of nitrogens with zero attached hydrogens (tertiary/aromatic N) is 1. The zero-order chi connectivity index (χ0) is 15.5. The maximum Gasteiger partial charge on any atom is 0.127 e. The molecule has 21 heavy (non-hydrogen) atoms. The largest absolute Gasteiger partial charge is 0.497 e.